The molecule has 4 atom stereocenters. The molecular weight excluding hydrogens is 152 g/mol. The van der Waals surface area contributed by atoms with Gasteiger partial charge in [-0.05, 0) is 37.2 Å². The molecule has 1 aliphatic heterocycles. The van der Waals surface area contributed by atoms with Crippen molar-refractivity contribution in [2.75, 3.05) is 0 Å². The molecule has 2 heteroatoms. The summed E-state index contributed by atoms with van der Waals surface area (Å²) in [5.74, 6) is 1.52. The topological polar surface area (TPSA) is 29.5 Å². The van der Waals surface area contributed by atoms with Crippen molar-refractivity contribution in [3.8, 4) is 0 Å². The lowest BCUT2D eigenvalue weighted by molar-refractivity contribution is -0.121. The van der Waals surface area contributed by atoms with Gasteiger partial charge in [0.25, 0.3) is 0 Å². The van der Waals surface area contributed by atoms with Gasteiger partial charge in [0.05, 0.1) is 6.26 Å². The van der Waals surface area contributed by atoms with E-state index in [4.69, 9.17) is 4.74 Å². The summed E-state index contributed by atoms with van der Waals surface area (Å²) in [6.45, 7) is 4.30. The van der Waals surface area contributed by atoms with Gasteiger partial charge in [0.15, 0.2) is 6.29 Å². The van der Waals surface area contributed by atoms with Gasteiger partial charge in [-0.1, -0.05) is 6.92 Å². The van der Waals surface area contributed by atoms with Crippen molar-refractivity contribution in [3.05, 3.63) is 11.8 Å². The van der Waals surface area contributed by atoms with Crippen molar-refractivity contribution < 1.29 is 9.84 Å². The van der Waals surface area contributed by atoms with Crippen LogP contribution in [0.3, 0.4) is 0 Å². The lowest BCUT2D eigenvalue weighted by atomic mass is 9.84. The van der Waals surface area contributed by atoms with E-state index in [-0.39, 0.29) is 0 Å². The Bertz CT molecular complexity index is 210. The van der Waals surface area contributed by atoms with Crippen LogP contribution in [0.2, 0.25) is 0 Å². The van der Waals surface area contributed by atoms with Gasteiger partial charge < -0.3 is 9.84 Å². The van der Waals surface area contributed by atoms with E-state index in [9.17, 15) is 5.11 Å². The van der Waals surface area contributed by atoms with Crippen molar-refractivity contribution in [3.63, 3.8) is 0 Å². The maximum atomic E-state index is 9.60. The van der Waals surface area contributed by atoms with Crippen molar-refractivity contribution in [2.45, 2.75) is 33.0 Å². The third kappa shape index (κ3) is 1.06. The fourth-order valence-corrected chi connectivity index (χ4v) is 2.59. The summed E-state index contributed by atoms with van der Waals surface area (Å²) in [7, 11) is 0. The number of hydrogen-bond acceptors (Lipinski definition) is 2. The number of ether oxygens (including phenoxy) is 1. The Morgan fingerprint density at radius 1 is 1.50 bits per heavy atom. The normalized spacial score (nSPS) is 46.4. The van der Waals surface area contributed by atoms with Crippen molar-refractivity contribution in [1.29, 1.82) is 0 Å². The molecule has 2 rings (SSSR count). The molecule has 0 amide bonds. The molecule has 1 aliphatic carbocycles. The van der Waals surface area contributed by atoms with Crippen molar-refractivity contribution in [1.82, 2.24) is 0 Å². The number of aliphatic hydroxyl groups excluding tert-OH is 1. The molecule has 0 saturated heterocycles. The molecule has 12 heavy (non-hydrogen) atoms. The fourth-order valence-electron chi connectivity index (χ4n) is 2.59. The summed E-state index contributed by atoms with van der Waals surface area (Å²) in [6, 6.07) is 0. The van der Waals surface area contributed by atoms with E-state index < -0.39 is 6.29 Å². The van der Waals surface area contributed by atoms with Crippen LogP contribution in [0, 0.1) is 17.8 Å². The molecule has 0 aromatic rings. The first kappa shape index (κ1) is 8.11. The zero-order valence-corrected chi connectivity index (χ0v) is 7.66. The van der Waals surface area contributed by atoms with Crippen LogP contribution in [0.1, 0.15) is 26.7 Å². The summed E-state index contributed by atoms with van der Waals surface area (Å²) >= 11 is 0. The highest BCUT2D eigenvalue weighted by molar-refractivity contribution is 5.09. The molecule has 1 N–H and O–H groups in total. The first-order chi connectivity index (χ1) is 5.70. The second-order valence-electron chi connectivity index (χ2n) is 4.13. The Labute approximate surface area is 73.2 Å². The highest BCUT2D eigenvalue weighted by Crippen LogP contribution is 2.45. The second-order valence-corrected chi connectivity index (χ2v) is 4.13. The molecule has 68 valence electrons. The Morgan fingerprint density at radius 2 is 2.25 bits per heavy atom. The first-order valence-electron chi connectivity index (χ1n) is 4.70. The number of allylic oxidation sites excluding steroid dienone is 1. The molecule has 1 unspecified atom stereocenters. The fraction of sp³-hybridized carbons (Fsp3) is 0.800. The summed E-state index contributed by atoms with van der Waals surface area (Å²) in [5, 5.41) is 9.60. The van der Waals surface area contributed by atoms with Crippen LogP contribution in [-0.4, -0.2) is 11.4 Å². The summed E-state index contributed by atoms with van der Waals surface area (Å²) in [5.41, 5.74) is 1.30. The van der Waals surface area contributed by atoms with E-state index in [0.29, 0.717) is 17.8 Å². The van der Waals surface area contributed by atoms with Crippen LogP contribution in [-0.2, 0) is 4.74 Å². The van der Waals surface area contributed by atoms with Gasteiger partial charge in [-0.15, -0.1) is 0 Å². The highest BCUT2D eigenvalue weighted by Gasteiger charge is 2.42. The lowest BCUT2D eigenvalue weighted by Gasteiger charge is -2.31. The van der Waals surface area contributed by atoms with E-state index in [1.807, 2.05) is 0 Å². The summed E-state index contributed by atoms with van der Waals surface area (Å²) < 4.78 is 5.17. The van der Waals surface area contributed by atoms with E-state index >= 15 is 0 Å². The predicted octanol–water partition coefficient (Wildman–Crippen LogP) is 1.90. The van der Waals surface area contributed by atoms with Crippen LogP contribution in [0.5, 0.6) is 0 Å². The summed E-state index contributed by atoms with van der Waals surface area (Å²) in [4.78, 5) is 0. The molecule has 0 aromatic heterocycles. The summed E-state index contributed by atoms with van der Waals surface area (Å²) in [6.07, 6.45) is 3.61. The second kappa shape index (κ2) is 2.77. The number of rotatable bonds is 0. The van der Waals surface area contributed by atoms with Gasteiger partial charge in [-0.2, -0.15) is 0 Å². The van der Waals surface area contributed by atoms with Gasteiger partial charge in [-0.25, -0.2) is 0 Å². The molecule has 2 nitrogen and oxygen atoms in total. The number of fused-ring (bicyclic) bond motifs is 1. The van der Waals surface area contributed by atoms with Crippen LogP contribution >= 0.6 is 0 Å². The minimum absolute atomic E-state index is 0.343. The Hall–Kier alpha value is -0.500. The van der Waals surface area contributed by atoms with Crippen molar-refractivity contribution in [2.24, 2.45) is 17.8 Å². The molecule has 1 fully saturated rings. The van der Waals surface area contributed by atoms with Gasteiger partial charge in [0.2, 0.25) is 0 Å². The Balaban J connectivity index is 2.23. The maximum Gasteiger partial charge on any atom is 0.200 e. The SMILES string of the molecule is CC1=COC(O)[C@H]2[C@@H]1CC[C@@H]2C. The molecule has 1 heterocycles. The van der Waals surface area contributed by atoms with E-state index in [0.717, 1.165) is 0 Å². The van der Waals surface area contributed by atoms with E-state index in [1.165, 1.54) is 18.4 Å². The largest absolute Gasteiger partial charge is 0.472 e. The van der Waals surface area contributed by atoms with Gasteiger partial charge in [0.1, 0.15) is 0 Å². The van der Waals surface area contributed by atoms with Crippen LogP contribution < -0.4 is 0 Å². The number of hydrogen-bond donors (Lipinski definition) is 1. The quantitative estimate of drug-likeness (QED) is 0.598. The zero-order chi connectivity index (χ0) is 8.72. The average molecular weight is 168 g/mol. The predicted molar refractivity (Wildman–Crippen MR) is 46.2 cm³/mol. The molecule has 2 aliphatic rings. The molecule has 1 saturated carbocycles. The minimum atomic E-state index is -0.559. The molecule has 0 spiro atoms. The minimum Gasteiger partial charge on any atom is -0.472 e. The first-order valence-corrected chi connectivity index (χ1v) is 4.70. The standard InChI is InChI=1S/C10H16O2/c1-6-3-4-8-7(2)5-12-10(11)9(6)8/h5-6,8-11H,3-4H2,1-2H3/t6-,8+,9+,10?/m0/s1. The lowest BCUT2D eigenvalue weighted by Crippen LogP contribution is -2.32. The van der Waals surface area contributed by atoms with Crippen LogP contribution in [0.15, 0.2) is 11.8 Å². The molecular formula is C10H16O2. The maximum absolute atomic E-state index is 9.60. The monoisotopic (exact) mass is 168 g/mol. The highest BCUT2D eigenvalue weighted by atomic mass is 16.6. The Kier molecular flexibility index (Phi) is 1.87. The van der Waals surface area contributed by atoms with Gasteiger partial charge >= 0.3 is 0 Å². The third-order valence-electron chi connectivity index (χ3n) is 3.36. The smallest absolute Gasteiger partial charge is 0.200 e. The van der Waals surface area contributed by atoms with E-state index in [1.54, 1.807) is 6.26 Å². The number of aliphatic hydroxyl groups is 1. The zero-order valence-electron chi connectivity index (χ0n) is 7.66. The van der Waals surface area contributed by atoms with Crippen LogP contribution in [0.4, 0.5) is 0 Å². The van der Waals surface area contributed by atoms with Crippen LogP contribution in [0.25, 0.3) is 0 Å². The molecule has 0 bridgehead atoms. The molecule has 0 radical (unpaired) electrons. The average Bonchev–Trinajstić information content (AvgIpc) is 2.42. The Morgan fingerprint density at radius 3 is 2.92 bits per heavy atom. The third-order valence-corrected chi connectivity index (χ3v) is 3.36. The van der Waals surface area contributed by atoms with E-state index in [2.05, 4.69) is 13.8 Å². The molecule has 0 aromatic carbocycles. The van der Waals surface area contributed by atoms with Crippen molar-refractivity contribution >= 4 is 0 Å². The van der Waals surface area contributed by atoms with Gasteiger partial charge in [0, 0.05) is 5.92 Å². The van der Waals surface area contributed by atoms with Gasteiger partial charge in [-0.3, -0.25) is 0 Å².